The molecule has 0 saturated carbocycles. The molecule has 17 heavy (non-hydrogen) atoms. The van der Waals surface area contributed by atoms with Gasteiger partial charge in [0.15, 0.2) is 0 Å². The molecule has 0 radical (unpaired) electrons. The Balaban J connectivity index is 4.10. The highest BCUT2D eigenvalue weighted by atomic mass is 16.5. The van der Waals surface area contributed by atoms with Gasteiger partial charge in [0.25, 0.3) is 0 Å². The van der Waals surface area contributed by atoms with Gasteiger partial charge in [0, 0.05) is 6.08 Å². The third-order valence-electron chi connectivity index (χ3n) is 2.43. The minimum absolute atomic E-state index is 0.280. The van der Waals surface area contributed by atoms with Crippen LogP contribution >= 0.6 is 0 Å². The van der Waals surface area contributed by atoms with Crippen molar-refractivity contribution in [3.63, 3.8) is 0 Å². The lowest BCUT2D eigenvalue weighted by molar-refractivity contribution is -0.134. The zero-order valence-electron chi connectivity index (χ0n) is 11.7. The van der Waals surface area contributed by atoms with Gasteiger partial charge in [-0.05, 0) is 47.0 Å². The quantitative estimate of drug-likeness (QED) is 0.393. The van der Waals surface area contributed by atoms with Crippen molar-refractivity contribution in [3.8, 4) is 0 Å². The van der Waals surface area contributed by atoms with E-state index in [4.69, 9.17) is 0 Å². The van der Waals surface area contributed by atoms with Gasteiger partial charge in [-0.2, -0.15) is 0 Å². The predicted molar refractivity (Wildman–Crippen MR) is 72.8 cm³/mol. The van der Waals surface area contributed by atoms with Crippen molar-refractivity contribution in [3.05, 3.63) is 34.9 Å². The molecule has 0 bridgehead atoms. The van der Waals surface area contributed by atoms with Gasteiger partial charge in [0.05, 0.1) is 7.11 Å². The van der Waals surface area contributed by atoms with Gasteiger partial charge < -0.3 is 4.74 Å². The fourth-order valence-corrected chi connectivity index (χ4v) is 1.34. The van der Waals surface area contributed by atoms with E-state index in [9.17, 15) is 4.79 Å². The third kappa shape index (κ3) is 9.61. The summed E-state index contributed by atoms with van der Waals surface area (Å²) < 4.78 is 4.58. The first-order valence-electron chi connectivity index (χ1n) is 5.99. The molecule has 0 aliphatic rings. The average Bonchev–Trinajstić information content (AvgIpc) is 2.25. The number of rotatable bonds is 6. The molecule has 0 amide bonds. The van der Waals surface area contributed by atoms with E-state index < -0.39 is 0 Å². The van der Waals surface area contributed by atoms with E-state index in [1.54, 1.807) is 6.08 Å². The second kappa shape index (κ2) is 8.80. The molecule has 0 saturated heterocycles. The minimum Gasteiger partial charge on any atom is -0.466 e. The standard InChI is InChI=1S/C15H24O2/c1-12(2)7-6-8-13(3)9-10-14(4)11-15(16)17-5/h7,9,11H,6,8,10H2,1-5H3/b13-9+,14-11-. The number of methoxy groups -OCH3 is 1. The van der Waals surface area contributed by atoms with Gasteiger partial charge >= 0.3 is 5.97 Å². The SMILES string of the molecule is COC(=O)/C=C(/C)C/C=C(\C)CCC=C(C)C. The van der Waals surface area contributed by atoms with Crippen LogP contribution in [0.1, 0.15) is 47.0 Å². The van der Waals surface area contributed by atoms with Crippen molar-refractivity contribution < 1.29 is 9.53 Å². The van der Waals surface area contributed by atoms with Crippen molar-refractivity contribution in [1.82, 2.24) is 0 Å². The Labute approximate surface area is 105 Å². The average molecular weight is 236 g/mol. The van der Waals surface area contributed by atoms with E-state index in [0.717, 1.165) is 24.8 Å². The molecule has 0 aromatic carbocycles. The normalized spacial score (nSPS) is 12.3. The number of hydrogen-bond donors (Lipinski definition) is 0. The van der Waals surface area contributed by atoms with E-state index in [0.29, 0.717) is 0 Å². The first-order chi connectivity index (χ1) is 7.95. The van der Waals surface area contributed by atoms with Crippen LogP contribution in [0.4, 0.5) is 0 Å². The Hall–Kier alpha value is -1.31. The fourth-order valence-electron chi connectivity index (χ4n) is 1.34. The van der Waals surface area contributed by atoms with Crippen molar-refractivity contribution in [2.75, 3.05) is 7.11 Å². The Kier molecular flexibility index (Phi) is 8.12. The summed E-state index contributed by atoms with van der Waals surface area (Å²) in [6.45, 7) is 8.30. The summed E-state index contributed by atoms with van der Waals surface area (Å²) in [5, 5.41) is 0. The maximum absolute atomic E-state index is 11.0. The topological polar surface area (TPSA) is 26.3 Å². The maximum atomic E-state index is 11.0. The predicted octanol–water partition coefficient (Wildman–Crippen LogP) is 4.19. The molecular formula is C15H24O2. The Morgan fingerprint density at radius 2 is 1.71 bits per heavy atom. The van der Waals surface area contributed by atoms with Crippen LogP contribution in [0.3, 0.4) is 0 Å². The molecule has 0 rings (SSSR count). The maximum Gasteiger partial charge on any atom is 0.330 e. The molecule has 0 aromatic heterocycles. The number of hydrogen-bond acceptors (Lipinski definition) is 2. The van der Waals surface area contributed by atoms with Crippen LogP contribution in [0.2, 0.25) is 0 Å². The first-order valence-corrected chi connectivity index (χ1v) is 5.99. The summed E-state index contributed by atoms with van der Waals surface area (Å²) in [4.78, 5) is 11.0. The third-order valence-corrected chi connectivity index (χ3v) is 2.43. The lowest BCUT2D eigenvalue weighted by Crippen LogP contribution is -1.95. The zero-order valence-corrected chi connectivity index (χ0v) is 11.7. The molecule has 96 valence electrons. The Morgan fingerprint density at radius 1 is 1.06 bits per heavy atom. The molecule has 0 aliphatic carbocycles. The molecule has 0 unspecified atom stereocenters. The number of carbonyl (C=O) groups is 1. The zero-order chi connectivity index (χ0) is 13.3. The minimum atomic E-state index is -0.280. The van der Waals surface area contributed by atoms with Crippen molar-refractivity contribution in [1.29, 1.82) is 0 Å². The molecule has 0 spiro atoms. The van der Waals surface area contributed by atoms with E-state index >= 15 is 0 Å². The van der Waals surface area contributed by atoms with E-state index in [2.05, 4.69) is 37.7 Å². The van der Waals surface area contributed by atoms with Crippen molar-refractivity contribution in [2.24, 2.45) is 0 Å². The van der Waals surface area contributed by atoms with Crippen molar-refractivity contribution in [2.45, 2.75) is 47.0 Å². The summed E-state index contributed by atoms with van der Waals surface area (Å²) in [5.74, 6) is -0.280. The van der Waals surface area contributed by atoms with Gasteiger partial charge in [-0.3, -0.25) is 0 Å². The molecule has 2 heteroatoms. The number of esters is 1. The van der Waals surface area contributed by atoms with E-state index in [-0.39, 0.29) is 5.97 Å². The van der Waals surface area contributed by atoms with Crippen LogP contribution in [0, 0.1) is 0 Å². The summed E-state index contributed by atoms with van der Waals surface area (Å²) >= 11 is 0. The number of ether oxygens (including phenoxy) is 1. The van der Waals surface area contributed by atoms with Crippen LogP contribution in [0.25, 0.3) is 0 Å². The van der Waals surface area contributed by atoms with Crippen molar-refractivity contribution >= 4 is 5.97 Å². The molecule has 0 aliphatic heterocycles. The van der Waals surface area contributed by atoms with Crippen LogP contribution < -0.4 is 0 Å². The van der Waals surface area contributed by atoms with Crippen LogP contribution in [0.5, 0.6) is 0 Å². The van der Waals surface area contributed by atoms with Gasteiger partial charge in [-0.1, -0.05) is 28.9 Å². The summed E-state index contributed by atoms with van der Waals surface area (Å²) in [7, 11) is 1.40. The largest absolute Gasteiger partial charge is 0.466 e. The molecule has 2 nitrogen and oxygen atoms in total. The van der Waals surface area contributed by atoms with Crippen LogP contribution in [-0.2, 0) is 9.53 Å². The highest BCUT2D eigenvalue weighted by Gasteiger charge is 1.95. The molecular weight excluding hydrogens is 212 g/mol. The van der Waals surface area contributed by atoms with E-state index in [1.165, 1.54) is 18.3 Å². The molecule has 0 fully saturated rings. The van der Waals surface area contributed by atoms with Gasteiger partial charge in [-0.15, -0.1) is 0 Å². The van der Waals surface area contributed by atoms with Gasteiger partial charge in [0.2, 0.25) is 0 Å². The lowest BCUT2D eigenvalue weighted by Gasteiger charge is -2.00. The Morgan fingerprint density at radius 3 is 2.24 bits per heavy atom. The molecule has 0 aromatic rings. The summed E-state index contributed by atoms with van der Waals surface area (Å²) in [6.07, 6.45) is 8.94. The highest BCUT2D eigenvalue weighted by Crippen LogP contribution is 2.10. The van der Waals surface area contributed by atoms with Crippen LogP contribution in [-0.4, -0.2) is 13.1 Å². The monoisotopic (exact) mass is 236 g/mol. The van der Waals surface area contributed by atoms with E-state index in [1.807, 2.05) is 6.92 Å². The summed E-state index contributed by atoms with van der Waals surface area (Å²) in [5.41, 5.74) is 3.75. The fraction of sp³-hybridized carbons (Fsp3) is 0.533. The Bertz CT molecular complexity index is 329. The number of allylic oxidation sites excluding steroid dienone is 5. The first kappa shape index (κ1) is 15.7. The number of carbonyl (C=O) groups excluding carboxylic acids is 1. The van der Waals surface area contributed by atoms with Crippen LogP contribution in [0.15, 0.2) is 34.9 Å². The summed E-state index contributed by atoms with van der Waals surface area (Å²) in [6, 6.07) is 0. The second-order valence-electron chi connectivity index (χ2n) is 4.59. The lowest BCUT2D eigenvalue weighted by atomic mass is 10.1. The molecule has 0 N–H and O–H groups in total. The molecule has 0 heterocycles. The molecule has 0 atom stereocenters. The highest BCUT2D eigenvalue weighted by molar-refractivity contribution is 5.82. The second-order valence-corrected chi connectivity index (χ2v) is 4.59. The van der Waals surface area contributed by atoms with Gasteiger partial charge in [0.1, 0.15) is 0 Å². The van der Waals surface area contributed by atoms with Gasteiger partial charge in [-0.25, -0.2) is 4.79 Å². The smallest absolute Gasteiger partial charge is 0.330 e.